The first-order valence-electron chi connectivity index (χ1n) is 3.68. The molecule has 0 nitrogen and oxygen atoms in total. The van der Waals surface area contributed by atoms with Gasteiger partial charge in [-0.3, -0.25) is 0 Å². The third-order valence-corrected chi connectivity index (χ3v) is 10.2. The van der Waals surface area contributed by atoms with Gasteiger partial charge in [-0.25, -0.2) is 0 Å². The molecule has 0 aromatic rings. The zero-order valence-corrected chi connectivity index (χ0v) is 10.7. The topological polar surface area (TPSA) is 0 Å². The molecule has 0 aromatic heterocycles. The Labute approximate surface area is 71.1 Å². The van der Waals surface area contributed by atoms with Crippen molar-refractivity contribution < 1.29 is 0 Å². The van der Waals surface area contributed by atoms with Crippen molar-refractivity contribution in [1.82, 2.24) is 0 Å². The molecule has 0 heterocycles. The summed E-state index contributed by atoms with van der Waals surface area (Å²) < 4.78 is 0. The molecule has 0 bridgehead atoms. The molecule has 0 saturated carbocycles. The van der Waals surface area contributed by atoms with E-state index in [4.69, 9.17) is 11.2 Å². The van der Waals surface area contributed by atoms with Crippen molar-refractivity contribution in [3.63, 3.8) is 0 Å². The molecule has 0 amide bonds. The van der Waals surface area contributed by atoms with Crippen LogP contribution in [0.25, 0.3) is 0 Å². The van der Waals surface area contributed by atoms with E-state index in [2.05, 4.69) is 39.6 Å². The van der Waals surface area contributed by atoms with E-state index in [0.29, 0.717) is 0 Å². The maximum absolute atomic E-state index is 6.44. The maximum atomic E-state index is 6.44. The van der Waals surface area contributed by atoms with Crippen LogP contribution in [-0.4, -0.2) is 33.9 Å². The molecule has 10 heavy (non-hydrogen) atoms. The van der Waals surface area contributed by atoms with Gasteiger partial charge in [-0.15, -0.1) is 0 Å². The minimum absolute atomic E-state index is 0.939. The van der Waals surface area contributed by atoms with Crippen molar-refractivity contribution in [2.75, 3.05) is 25.8 Å². The molecule has 0 fully saturated rings. The van der Waals surface area contributed by atoms with E-state index >= 15 is 0 Å². The van der Waals surface area contributed by atoms with E-state index in [0.717, 1.165) is 0 Å². The second-order valence-electron chi connectivity index (χ2n) is 5.64. The van der Waals surface area contributed by atoms with Crippen molar-refractivity contribution in [2.24, 2.45) is 0 Å². The van der Waals surface area contributed by atoms with Gasteiger partial charge in [0, 0.05) is 0 Å². The minimum atomic E-state index is -1.71. The first-order valence-corrected chi connectivity index (χ1v) is 12.1. The standard InChI is InChI=1S/C7H20ClPSi/c1-9(2,3,8)7-10(4,5)6/h7H2,1-6H3. The van der Waals surface area contributed by atoms with Crippen LogP contribution in [0, 0.1) is 0 Å². The van der Waals surface area contributed by atoms with Gasteiger partial charge in [0.05, 0.1) is 0 Å². The average molecular weight is 199 g/mol. The van der Waals surface area contributed by atoms with Crippen LogP contribution in [0.15, 0.2) is 0 Å². The summed E-state index contributed by atoms with van der Waals surface area (Å²) >= 11 is 6.44. The zero-order chi connectivity index (χ0) is 8.65. The number of rotatable bonds is 2. The quantitative estimate of drug-likeness (QED) is 0.471. The summed E-state index contributed by atoms with van der Waals surface area (Å²) in [7, 11) is -0.939. The molecular formula is C7H20ClPSi. The van der Waals surface area contributed by atoms with Gasteiger partial charge in [0.25, 0.3) is 0 Å². The summed E-state index contributed by atoms with van der Waals surface area (Å²) in [5.74, 6) is -0.421. The average Bonchev–Trinajstić information content (AvgIpc) is 1.09. The summed E-state index contributed by atoms with van der Waals surface area (Å²) in [5.41, 5.74) is 0. The van der Waals surface area contributed by atoms with Gasteiger partial charge in [-0.05, 0) is 0 Å². The third kappa shape index (κ3) is 8.94. The van der Waals surface area contributed by atoms with Crippen molar-refractivity contribution in [2.45, 2.75) is 19.6 Å². The van der Waals surface area contributed by atoms with Crippen LogP contribution in [0.5, 0.6) is 0 Å². The van der Waals surface area contributed by atoms with Crippen LogP contribution in [0.2, 0.25) is 19.6 Å². The first-order chi connectivity index (χ1) is 3.96. The van der Waals surface area contributed by atoms with E-state index in [1.165, 1.54) is 5.79 Å². The van der Waals surface area contributed by atoms with Gasteiger partial charge in [0.2, 0.25) is 0 Å². The van der Waals surface area contributed by atoms with E-state index in [-0.39, 0.29) is 0 Å². The van der Waals surface area contributed by atoms with Crippen LogP contribution >= 0.6 is 17.2 Å². The normalized spacial score (nSPS) is 18.1. The Bertz CT molecular complexity index is 120. The van der Waals surface area contributed by atoms with Gasteiger partial charge >= 0.3 is 70.7 Å². The molecule has 0 unspecified atom stereocenters. The summed E-state index contributed by atoms with van der Waals surface area (Å²) in [6.45, 7) is 13.9. The summed E-state index contributed by atoms with van der Waals surface area (Å²) in [6.07, 6.45) is 0. The number of halogens is 1. The summed E-state index contributed by atoms with van der Waals surface area (Å²) in [4.78, 5) is 0. The predicted octanol–water partition coefficient (Wildman–Crippen LogP) is 3.46. The van der Waals surface area contributed by atoms with Gasteiger partial charge in [-0.2, -0.15) is 0 Å². The molecule has 0 N–H and O–H groups in total. The SMILES string of the molecule is C[Si](C)(C)CP(C)(C)(C)Cl. The molecule has 0 aromatic carbocycles. The van der Waals surface area contributed by atoms with Crippen LogP contribution in [0.4, 0.5) is 0 Å². The van der Waals surface area contributed by atoms with Crippen LogP contribution < -0.4 is 0 Å². The molecule has 0 atom stereocenters. The Hall–Kier alpha value is 0.937. The molecule has 0 saturated heterocycles. The molecule has 0 aliphatic carbocycles. The Morgan fingerprint density at radius 3 is 1.40 bits per heavy atom. The summed E-state index contributed by atoms with van der Waals surface area (Å²) in [6, 6.07) is 0. The second-order valence-corrected chi connectivity index (χ2v) is 21.6. The molecule has 0 aliphatic rings. The summed E-state index contributed by atoms with van der Waals surface area (Å²) in [5, 5.41) is 0. The van der Waals surface area contributed by atoms with Crippen molar-refractivity contribution in [1.29, 1.82) is 0 Å². The van der Waals surface area contributed by atoms with Crippen LogP contribution in [0.3, 0.4) is 0 Å². The van der Waals surface area contributed by atoms with Crippen LogP contribution in [-0.2, 0) is 0 Å². The van der Waals surface area contributed by atoms with Crippen molar-refractivity contribution >= 4 is 25.3 Å². The Kier molecular flexibility index (Phi) is 2.70. The predicted molar refractivity (Wildman–Crippen MR) is 58.8 cm³/mol. The number of hydrogen-bond acceptors (Lipinski definition) is 0. The molecule has 0 radical (unpaired) electrons. The fraction of sp³-hybridized carbons (Fsp3) is 1.00. The van der Waals surface area contributed by atoms with Crippen LogP contribution in [0.1, 0.15) is 0 Å². The van der Waals surface area contributed by atoms with Gasteiger partial charge in [-0.1, -0.05) is 0 Å². The molecule has 3 heteroatoms. The Balaban J connectivity index is 4.18. The molecule has 0 aliphatic heterocycles. The van der Waals surface area contributed by atoms with Gasteiger partial charge in [0.1, 0.15) is 0 Å². The fourth-order valence-corrected chi connectivity index (χ4v) is 17.6. The Morgan fingerprint density at radius 2 is 1.40 bits per heavy atom. The van der Waals surface area contributed by atoms with E-state index < -0.39 is 14.0 Å². The molecule has 0 spiro atoms. The van der Waals surface area contributed by atoms with Gasteiger partial charge < -0.3 is 0 Å². The van der Waals surface area contributed by atoms with Gasteiger partial charge in [0.15, 0.2) is 0 Å². The van der Waals surface area contributed by atoms with E-state index in [9.17, 15) is 0 Å². The van der Waals surface area contributed by atoms with Crippen molar-refractivity contribution in [3.8, 4) is 0 Å². The third-order valence-electron chi connectivity index (χ3n) is 1.01. The first kappa shape index (κ1) is 10.9. The van der Waals surface area contributed by atoms with E-state index in [1.54, 1.807) is 0 Å². The number of hydrogen-bond donors (Lipinski definition) is 0. The molecular weight excluding hydrogens is 179 g/mol. The molecule has 64 valence electrons. The van der Waals surface area contributed by atoms with Crippen molar-refractivity contribution in [3.05, 3.63) is 0 Å². The monoisotopic (exact) mass is 198 g/mol. The Morgan fingerprint density at radius 1 is 1.10 bits per heavy atom. The van der Waals surface area contributed by atoms with E-state index in [1.807, 2.05) is 0 Å². The second kappa shape index (κ2) is 2.47. The fourth-order valence-electron chi connectivity index (χ4n) is 1.60. The molecule has 0 rings (SSSR count). The zero-order valence-electron chi connectivity index (χ0n) is 8.03.